The maximum atomic E-state index is 5.80. The molecule has 0 fully saturated rings. The van der Waals surface area contributed by atoms with E-state index in [1.807, 2.05) is 18.2 Å². The molecule has 0 atom stereocenters. The molecule has 0 amide bonds. The standard InChI is InChI=1S/2C10H9.C7H7Si.2ClH.Zr/c2*1-8-6-9-4-2-3-5-10(9)7-8;8-6-7-4-2-1-3-5-7;;;/h2*2-7H,1H3;1-5H,6H2;2*1H;/q2*-1;;;;+2/p-2. The summed E-state index contributed by atoms with van der Waals surface area (Å²) < 4.78 is 0. The molecule has 0 bridgehead atoms. The van der Waals surface area contributed by atoms with Gasteiger partial charge in [-0.15, -0.1) is 81.2 Å². The van der Waals surface area contributed by atoms with Crippen LogP contribution in [0.1, 0.15) is 16.7 Å². The third kappa shape index (κ3) is 8.20. The van der Waals surface area contributed by atoms with Gasteiger partial charge < -0.3 is 0 Å². The Morgan fingerprint density at radius 1 is 0.677 bits per heavy atom. The number of hydrogen-bond donors (Lipinski definition) is 0. The molecule has 4 heteroatoms. The van der Waals surface area contributed by atoms with E-state index in [1.165, 1.54) is 38.2 Å². The van der Waals surface area contributed by atoms with Crippen LogP contribution in [0.3, 0.4) is 0 Å². The second-order valence-corrected chi connectivity index (χ2v) is 24.3. The summed E-state index contributed by atoms with van der Waals surface area (Å²) in [5.41, 5.74) is 4.05. The molecule has 1 radical (unpaired) electrons. The van der Waals surface area contributed by atoms with Crippen molar-refractivity contribution in [2.24, 2.45) is 0 Å². The number of hydrogen-bond acceptors (Lipinski definition) is 0. The number of fused-ring (bicyclic) bond motifs is 2. The summed E-state index contributed by atoms with van der Waals surface area (Å²) >= 11 is -1.85. The van der Waals surface area contributed by atoms with Crippen LogP contribution >= 0.6 is 17.0 Å². The molecule has 0 nitrogen and oxygen atoms in total. The summed E-state index contributed by atoms with van der Waals surface area (Å²) in [6.07, 6.45) is 0.794. The van der Waals surface area contributed by atoms with Crippen molar-refractivity contribution in [2.45, 2.75) is 19.9 Å². The Balaban J connectivity index is 0.000000132. The second-order valence-electron chi connectivity index (χ2n) is 7.42. The van der Waals surface area contributed by atoms with Gasteiger partial charge in [-0.3, -0.25) is 0 Å². The van der Waals surface area contributed by atoms with Crippen molar-refractivity contribution in [3.8, 4) is 0 Å². The molecule has 0 aliphatic rings. The van der Waals surface area contributed by atoms with Crippen molar-refractivity contribution in [1.29, 1.82) is 0 Å². The quantitative estimate of drug-likeness (QED) is 0.156. The number of aryl methyl sites for hydroxylation is 2. The van der Waals surface area contributed by atoms with Crippen LogP contribution < -0.4 is 0 Å². The first-order chi connectivity index (χ1) is 15.0. The average Bonchev–Trinajstić information content (AvgIpc) is 3.34. The van der Waals surface area contributed by atoms with Crippen molar-refractivity contribution in [3.63, 3.8) is 0 Å². The SMILES string of the molecule is Cc1cc2ccccc2[cH-]1.Cc1cc2ccccc2[cH-]1.[Cl][Zr]([Cl])=[Si]Cc1ccccc1. The average molecular weight is 540 g/mol. The van der Waals surface area contributed by atoms with E-state index in [9.17, 15) is 0 Å². The number of rotatable bonds is 2. The van der Waals surface area contributed by atoms with Gasteiger partial charge >= 0.3 is 83.1 Å². The van der Waals surface area contributed by atoms with Gasteiger partial charge in [-0.1, -0.05) is 26.0 Å². The van der Waals surface area contributed by atoms with Gasteiger partial charge in [0.1, 0.15) is 0 Å². The fraction of sp³-hybridized carbons (Fsp3) is 0.111. The molecule has 0 unspecified atom stereocenters. The van der Waals surface area contributed by atoms with Gasteiger partial charge in [-0.25, -0.2) is 0 Å². The molecule has 0 aliphatic carbocycles. The molecule has 5 aromatic rings. The maximum absolute atomic E-state index is 5.80. The molecular weight excluding hydrogens is 515 g/mol. The van der Waals surface area contributed by atoms with Crippen LogP contribution in [-0.4, -0.2) is 6.16 Å². The summed E-state index contributed by atoms with van der Waals surface area (Å²) in [6, 6.07) is 37.1. The number of halogens is 2. The first kappa shape index (κ1) is 24.2. The first-order valence-electron chi connectivity index (χ1n) is 10.2. The molecule has 0 saturated heterocycles. The molecule has 0 aromatic heterocycles. The van der Waals surface area contributed by atoms with Gasteiger partial charge in [0.05, 0.1) is 0 Å². The summed E-state index contributed by atoms with van der Waals surface area (Å²) in [6.45, 7) is 4.25. The van der Waals surface area contributed by atoms with E-state index in [0.717, 1.165) is 12.2 Å². The van der Waals surface area contributed by atoms with Gasteiger partial charge in [0, 0.05) is 0 Å². The van der Waals surface area contributed by atoms with Crippen LogP contribution in [0.25, 0.3) is 21.5 Å². The zero-order valence-corrected chi connectivity index (χ0v) is 22.7. The molecule has 5 rings (SSSR count). The Labute approximate surface area is 201 Å². The summed E-state index contributed by atoms with van der Waals surface area (Å²) in [4.78, 5) is 0. The van der Waals surface area contributed by atoms with Crippen molar-refractivity contribution in [1.82, 2.24) is 0 Å². The Morgan fingerprint density at radius 2 is 1.13 bits per heavy atom. The fourth-order valence-corrected chi connectivity index (χ4v) is 8.81. The summed E-state index contributed by atoms with van der Waals surface area (Å²) in [5.74, 6) is 0. The minimum absolute atomic E-state index is 0.794. The van der Waals surface area contributed by atoms with Gasteiger partial charge in [0.2, 0.25) is 0 Å². The molecule has 0 N–H and O–H groups in total. The Bertz CT molecular complexity index is 1110. The van der Waals surface area contributed by atoms with E-state index in [2.05, 4.69) is 98.8 Å². The molecule has 0 saturated carbocycles. The van der Waals surface area contributed by atoms with Crippen LogP contribution in [0.5, 0.6) is 0 Å². The number of benzene rings is 3. The van der Waals surface area contributed by atoms with Crippen LogP contribution in [0.4, 0.5) is 0 Å². The Hall–Kier alpha value is -1.44. The normalized spacial score (nSPS) is 10.1. The van der Waals surface area contributed by atoms with Gasteiger partial charge in [-0.05, 0) is 0 Å². The van der Waals surface area contributed by atoms with E-state index >= 15 is 0 Å². The van der Waals surface area contributed by atoms with Crippen molar-refractivity contribution >= 4 is 44.7 Å². The second kappa shape index (κ2) is 12.6. The molecule has 5 aromatic carbocycles. The molecule has 0 aliphatic heterocycles. The van der Waals surface area contributed by atoms with E-state index < -0.39 is 18.0 Å². The van der Waals surface area contributed by atoms with Crippen molar-refractivity contribution in [3.05, 3.63) is 120 Å². The molecule has 31 heavy (non-hydrogen) atoms. The third-order valence-electron chi connectivity index (χ3n) is 4.79. The first-order valence-corrected chi connectivity index (χ1v) is 21.4. The van der Waals surface area contributed by atoms with Crippen LogP contribution in [0.15, 0.2) is 103 Å². The predicted molar refractivity (Wildman–Crippen MR) is 136 cm³/mol. The fourth-order valence-electron chi connectivity index (χ4n) is 3.38. The zero-order chi connectivity index (χ0) is 22.1. The van der Waals surface area contributed by atoms with Gasteiger partial charge in [0.15, 0.2) is 0 Å². The van der Waals surface area contributed by atoms with Crippen LogP contribution in [-0.2, 0) is 24.0 Å². The van der Waals surface area contributed by atoms with Gasteiger partial charge in [-0.2, -0.15) is 12.1 Å². The van der Waals surface area contributed by atoms with Crippen LogP contribution in [0, 0.1) is 13.8 Å². The van der Waals surface area contributed by atoms with Crippen LogP contribution in [0.2, 0.25) is 0 Å². The van der Waals surface area contributed by atoms with E-state index in [-0.39, 0.29) is 0 Å². The van der Waals surface area contributed by atoms with E-state index in [0.29, 0.717) is 0 Å². The molecule has 0 heterocycles. The van der Waals surface area contributed by atoms with Gasteiger partial charge in [0.25, 0.3) is 0 Å². The van der Waals surface area contributed by atoms with E-state index in [1.54, 1.807) is 0 Å². The topological polar surface area (TPSA) is 0 Å². The molecule has 157 valence electrons. The molecule has 0 spiro atoms. The minimum atomic E-state index is -1.85. The monoisotopic (exact) mass is 537 g/mol. The third-order valence-corrected chi connectivity index (χ3v) is 13.7. The Morgan fingerprint density at radius 3 is 1.58 bits per heavy atom. The Kier molecular flexibility index (Phi) is 9.81. The summed E-state index contributed by atoms with van der Waals surface area (Å²) in [7, 11) is 11.6. The zero-order valence-electron chi connectivity index (χ0n) is 17.8. The van der Waals surface area contributed by atoms with Crippen molar-refractivity contribution in [2.75, 3.05) is 0 Å². The van der Waals surface area contributed by atoms with E-state index in [4.69, 9.17) is 17.0 Å². The predicted octanol–water partition coefficient (Wildman–Crippen LogP) is 8.47. The molecular formula is C27H25Cl2SiZr-2. The van der Waals surface area contributed by atoms with Crippen molar-refractivity contribution < 1.29 is 18.0 Å². The summed E-state index contributed by atoms with van der Waals surface area (Å²) in [5, 5.41) is 5.39.